The van der Waals surface area contributed by atoms with Crippen LogP contribution >= 0.6 is 0 Å². The summed E-state index contributed by atoms with van der Waals surface area (Å²) in [7, 11) is 1.78. The fourth-order valence-corrected chi connectivity index (χ4v) is 3.49. The standard InChI is InChI=1S/C15H32N2O/c1-5-17(9-10-18-4)15(12-16)8-6-7-14(11-15)13(2)3/h13-14H,5-12,16H2,1-4H3. The Hall–Kier alpha value is -0.120. The zero-order valence-corrected chi connectivity index (χ0v) is 12.7. The molecule has 0 radical (unpaired) electrons. The van der Waals surface area contributed by atoms with E-state index in [1.807, 2.05) is 0 Å². The molecule has 0 spiro atoms. The third kappa shape index (κ3) is 3.69. The first kappa shape index (κ1) is 15.9. The highest BCUT2D eigenvalue weighted by atomic mass is 16.5. The minimum Gasteiger partial charge on any atom is -0.383 e. The van der Waals surface area contributed by atoms with E-state index in [4.69, 9.17) is 10.5 Å². The highest BCUT2D eigenvalue weighted by Gasteiger charge is 2.40. The third-order valence-corrected chi connectivity index (χ3v) is 4.80. The van der Waals surface area contributed by atoms with Crippen molar-refractivity contribution < 1.29 is 4.74 Å². The van der Waals surface area contributed by atoms with Crippen LogP contribution in [0.15, 0.2) is 0 Å². The van der Waals surface area contributed by atoms with Crippen molar-refractivity contribution in [1.82, 2.24) is 4.90 Å². The molecule has 1 fully saturated rings. The van der Waals surface area contributed by atoms with Crippen LogP contribution in [0, 0.1) is 11.8 Å². The van der Waals surface area contributed by atoms with Gasteiger partial charge in [0.25, 0.3) is 0 Å². The van der Waals surface area contributed by atoms with E-state index in [0.717, 1.165) is 38.1 Å². The summed E-state index contributed by atoms with van der Waals surface area (Å²) in [5, 5.41) is 0. The van der Waals surface area contributed by atoms with E-state index in [9.17, 15) is 0 Å². The maximum atomic E-state index is 6.17. The number of hydrogen-bond acceptors (Lipinski definition) is 3. The molecule has 0 aliphatic heterocycles. The Labute approximate surface area is 113 Å². The van der Waals surface area contributed by atoms with Gasteiger partial charge in [0.2, 0.25) is 0 Å². The Morgan fingerprint density at radius 3 is 2.67 bits per heavy atom. The van der Waals surface area contributed by atoms with Crippen molar-refractivity contribution in [2.24, 2.45) is 17.6 Å². The summed E-state index contributed by atoms with van der Waals surface area (Å²) in [6, 6.07) is 0. The number of likely N-dealkylation sites (N-methyl/N-ethyl adjacent to an activating group) is 1. The highest BCUT2D eigenvalue weighted by molar-refractivity contribution is 4.96. The zero-order chi connectivity index (χ0) is 13.6. The van der Waals surface area contributed by atoms with Crippen LogP contribution in [-0.4, -0.2) is 43.8 Å². The van der Waals surface area contributed by atoms with Gasteiger partial charge in [0, 0.05) is 25.7 Å². The van der Waals surface area contributed by atoms with E-state index >= 15 is 0 Å². The molecule has 0 aromatic rings. The fourth-order valence-electron chi connectivity index (χ4n) is 3.49. The van der Waals surface area contributed by atoms with Crippen LogP contribution in [0.25, 0.3) is 0 Å². The molecule has 3 heteroatoms. The molecule has 1 aliphatic rings. The number of nitrogens with zero attached hydrogens (tertiary/aromatic N) is 1. The van der Waals surface area contributed by atoms with E-state index < -0.39 is 0 Å². The maximum Gasteiger partial charge on any atom is 0.0589 e. The van der Waals surface area contributed by atoms with Crippen LogP contribution in [0.2, 0.25) is 0 Å². The first-order valence-electron chi connectivity index (χ1n) is 7.53. The van der Waals surface area contributed by atoms with Crippen molar-refractivity contribution in [2.45, 2.75) is 52.0 Å². The van der Waals surface area contributed by atoms with Gasteiger partial charge < -0.3 is 10.5 Å². The van der Waals surface area contributed by atoms with Crippen LogP contribution in [0.4, 0.5) is 0 Å². The van der Waals surface area contributed by atoms with Crippen molar-refractivity contribution >= 4 is 0 Å². The molecular formula is C15H32N2O. The minimum absolute atomic E-state index is 0.223. The summed E-state index contributed by atoms with van der Waals surface area (Å²) in [5.41, 5.74) is 6.39. The number of rotatable bonds is 7. The minimum atomic E-state index is 0.223. The van der Waals surface area contributed by atoms with E-state index in [-0.39, 0.29) is 5.54 Å². The van der Waals surface area contributed by atoms with Gasteiger partial charge in [-0.05, 0) is 31.2 Å². The molecule has 0 saturated heterocycles. The van der Waals surface area contributed by atoms with E-state index in [0.29, 0.717) is 0 Å². The number of nitrogens with two attached hydrogens (primary N) is 1. The van der Waals surface area contributed by atoms with Gasteiger partial charge in [-0.3, -0.25) is 4.90 Å². The molecule has 0 amide bonds. The lowest BCUT2D eigenvalue weighted by molar-refractivity contribution is 0.0127. The lowest BCUT2D eigenvalue weighted by Gasteiger charge is -2.49. The largest absolute Gasteiger partial charge is 0.383 e. The molecule has 1 rings (SSSR count). The predicted octanol–water partition coefficient (Wildman–Crippen LogP) is 2.50. The van der Waals surface area contributed by atoms with E-state index in [1.165, 1.54) is 25.7 Å². The Bertz CT molecular complexity index is 233. The van der Waals surface area contributed by atoms with Crippen molar-refractivity contribution in [3.8, 4) is 0 Å². The SMILES string of the molecule is CCN(CCOC)C1(CN)CCCC(C(C)C)C1. The lowest BCUT2D eigenvalue weighted by atomic mass is 9.71. The average Bonchev–Trinajstić information content (AvgIpc) is 2.39. The second kappa shape index (κ2) is 7.46. The molecule has 0 aromatic carbocycles. The Balaban J connectivity index is 2.75. The molecule has 18 heavy (non-hydrogen) atoms. The molecule has 2 N–H and O–H groups in total. The van der Waals surface area contributed by atoms with Gasteiger partial charge in [0.1, 0.15) is 0 Å². The molecule has 2 atom stereocenters. The second-order valence-corrected chi connectivity index (χ2v) is 6.10. The zero-order valence-electron chi connectivity index (χ0n) is 12.7. The topological polar surface area (TPSA) is 38.5 Å². The van der Waals surface area contributed by atoms with Gasteiger partial charge in [-0.15, -0.1) is 0 Å². The number of hydrogen-bond donors (Lipinski definition) is 1. The predicted molar refractivity (Wildman–Crippen MR) is 77.7 cm³/mol. The van der Waals surface area contributed by atoms with Crippen LogP contribution in [0.5, 0.6) is 0 Å². The summed E-state index contributed by atoms with van der Waals surface area (Å²) in [4.78, 5) is 2.56. The smallest absolute Gasteiger partial charge is 0.0589 e. The Kier molecular flexibility index (Phi) is 6.61. The molecular weight excluding hydrogens is 224 g/mol. The summed E-state index contributed by atoms with van der Waals surface area (Å²) >= 11 is 0. The van der Waals surface area contributed by atoms with Gasteiger partial charge in [-0.1, -0.05) is 33.6 Å². The highest BCUT2D eigenvalue weighted by Crippen LogP contribution is 2.39. The fraction of sp³-hybridized carbons (Fsp3) is 1.00. The Morgan fingerprint density at radius 1 is 1.44 bits per heavy atom. The van der Waals surface area contributed by atoms with E-state index in [1.54, 1.807) is 7.11 Å². The van der Waals surface area contributed by atoms with Gasteiger partial charge in [0.15, 0.2) is 0 Å². The molecule has 0 heterocycles. The van der Waals surface area contributed by atoms with Gasteiger partial charge in [0.05, 0.1) is 6.61 Å². The summed E-state index contributed by atoms with van der Waals surface area (Å²) in [6.45, 7) is 10.6. The molecule has 0 bridgehead atoms. The number of methoxy groups -OCH3 is 1. The molecule has 108 valence electrons. The van der Waals surface area contributed by atoms with Gasteiger partial charge >= 0.3 is 0 Å². The summed E-state index contributed by atoms with van der Waals surface area (Å²) < 4.78 is 5.25. The summed E-state index contributed by atoms with van der Waals surface area (Å²) in [5.74, 6) is 1.61. The Morgan fingerprint density at radius 2 is 2.17 bits per heavy atom. The van der Waals surface area contributed by atoms with E-state index in [2.05, 4.69) is 25.7 Å². The van der Waals surface area contributed by atoms with Crippen LogP contribution < -0.4 is 5.73 Å². The molecule has 2 unspecified atom stereocenters. The quantitative estimate of drug-likeness (QED) is 0.760. The van der Waals surface area contributed by atoms with Gasteiger partial charge in [-0.25, -0.2) is 0 Å². The van der Waals surface area contributed by atoms with Crippen molar-refractivity contribution in [2.75, 3.05) is 33.4 Å². The monoisotopic (exact) mass is 256 g/mol. The summed E-state index contributed by atoms with van der Waals surface area (Å²) in [6.07, 6.45) is 5.22. The van der Waals surface area contributed by atoms with Crippen LogP contribution in [0.1, 0.15) is 46.5 Å². The van der Waals surface area contributed by atoms with Gasteiger partial charge in [-0.2, -0.15) is 0 Å². The first-order valence-corrected chi connectivity index (χ1v) is 7.53. The third-order valence-electron chi connectivity index (χ3n) is 4.80. The molecule has 0 aromatic heterocycles. The normalized spacial score (nSPS) is 29.2. The van der Waals surface area contributed by atoms with Crippen molar-refractivity contribution in [3.05, 3.63) is 0 Å². The van der Waals surface area contributed by atoms with Crippen LogP contribution in [-0.2, 0) is 4.74 Å². The first-order chi connectivity index (χ1) is 8.59. The molecule has 1 saturated carbocycles. The van der Waals surface area contributed by atoms with Crippen LogP contribution in [0.3, 0.4) is 0 Å². The van der Waals surface area contributed by atoms with Crippen molar-refractivity contribution in [1.29, 1.82) is 0 Å². The lowest BCUT2D eigenvalue weighted by Crippen LogP contribution is -2.57. The molecule has 3 nitrogen and oxygen atoms in total. The average molecular weight is 256 g/mol. The van der Waals surface area contributed by atoms with Crippen molar-refractivity contribution in [3.63, 3.8) is 0 Å². The number of ether oxygens (including phenoxy) is 1. The molecule has 1 aliphatic carbocycles. The second-order valence-electron chi connectivity index (χ2n) is 6.10. The maximum absolute atomic E-state index is 6.17.